The van der Waals surface area contributed by atoms with Crippen LogP contribution in [-0.4, -0.2) is 15.7 Å². The molecule has 3 rings (SSSR count). The summed E-state index contributed by atoms with van der Waals surface area (Å²) in [5, 5.41) is 10.1. The van der Waals surface area contributed by atoms with E-state index in [0.717, 1.165) is 25.3 Å². The lowest BCUT2D eigenvalue weighted by molar-refractivity contribution is 0.0956. The normalized spacial score (nSPS) is 11.2. The van der Waals surface area contributed by atoms with Crippen LogP contribution in [0.5, 0.6) is 0 Å². The zero-order valence-corrected chi connectivity index (χ0v) is 14.7. The maximum atomic E-state index is 12.3. The van der Waals surface area contributed by atoms with Crippen LogP contribution in [0.15, 0.2) is 15.9 Å². The molecule has 0 aliphatic rings. The highest BCUT2D eigenvalue weighted by Crippen LogP contribution is 2.35. The standard InChI is InChI=1S/C13H13BrN4OS2/c1-6-9-10(15)11(21-13(9)18(2)17-6)12(19)16-4-8-3-7(14)5-20-8/h3,5H,4,15H2,1-2H3,(H,16,19). The molecule has 0 saturated heterocycles. The number of aromatic nitrogens is 2. The van der Waals surface area contributed by atoms with Crippen LogP contribution in [0.4, 0.5) is 5.69 Å². The van der Waals surface area contributed by atoms with Gasteiger partial charge in [-0.15, -0.1) is 22.7 Å². The van der Waals surface area contributed by atoms with Crippen LogP contribution < -0.4 is 11.1 Å². The number of rotatable bonds is 3. The lowest BCUT2D eigenvalue weighted by Gasteiger charge is -2.02. The van der Waals surface area contributed by atoms with E-state index in [2.05, 4.69) is 26.3 Å². The average molecular weight is 385 g/mol. The number of nitrogens with one attached hydrogen (secondary N) is 1. The number of halogens is 1. The van der Waals surface area contributed by atoms with E-state index in [1.165, 1.54) is 11.3 Å². The molecule has 0 unspecified atom stereocenters. The van der Waals surface area contributed by atoms with Gasteiger partial charge in [0.05, 0.1) is 23.3 Å². The minimum Gasteiger partial charge on any atom is -0.397 e. The molecule has 3 aromatic heterocycles. The second-order valence-corrected chi connectivity index (χ2v) is 7.56. The smallest absolute Gasteiger partial charge is 0.263 e. The van der Waals surface area contributed by atoms with Crippen molar-refractivity contribution >= 4 is 60.4 Å². The predicted molar refractivity (Wildman–Crippen MR) is 90.9 cm³/mol. The van der Waals surface area contributed by atoms with Gasteiger partial charge in [0, 0.05) is 21.8 Å². The lowest BCUT2D eigenvalue weighted by atomic mass is 10.2. The van der Waals surface area contributed by atoms with Gasteiger partial charge >= 0.3 is 0 Å². The molecular formula is C13H13BrN4OS2. The zero-order valence-electron chi connectivity index (χ0n) is 11.4. The summed E-state index contributed by atoms with van der Waals surface area (Å²) < 4.78 is 2.79. The van der Waals surface area contributed by atoms with E-state index in [-0.39, 0.29) is 5.91 Å². The number of nitrogens with two attached hydrogens (primary N) is 1. The van der Waals surface area contributed by atoms with E-state index in [9.17, 15) is 4.79 Å². The second kappa shape index (κ2) is 5.43. The summed E-state index contributed by atoms with van der Waals surface area (Å²) >= 11 is 6.38. The maximum Gasteiger partial charge on any atom is 0.263 e. The number of fused-ring (bicyclic) bond motifs is 1. The summed E-state index contributed by atoms with van der Waals surface area (Å²) in [4.78, 5) is 14.9. The average Bonchev–Trinajstić information content (AvgIpc) is 3.06. The SMILES string of the molecule is Cc1nn(C)c2sc(C(=O)NCc3cc(Br)cs3)c(N)c12. The van der Waals surface area contributed by atoms with Gasteiger partial charge in [-0.05, 0) is 28.9 Å². The van der Waals surface area contributed by atoms with Crippen molar-refractivity contribution in [3.63, 3.8) is 0 Å². The Morgan fingerprint density at radius 1 is 1.57 bits per heavy atom. The van der Waals surface area contributed by atoms with Gasteiger partial charge in [-0.25, -0.2) is 0 Å². The van der Waals surface area contributed by atoms with Gasteiger partial charge in [0.1, 0.15) is 9.71 Å². The van der Waals surface area contributed by atoms with Crippen molar-refractivity contribution in [1.82, 2.24) is 15.1 Å². The van der Waals surface area contributed by atoms with Gasteiger partial charge in [0.25, 0.3) is 5.91 Å². The first-order valence-corrected chi connectivity index (χ1v) is 8.69. The molecule has 0 radical (unpaired) electrons. The van der Waals surface area contributed by atoms with Gasteiger partial charge in [0.15, 0.2) is 0 Å². The third-order valence-corrected chi connectivity index (χ3v) is 6.10. The molecule has 3 N–H and O–H groups in total. The molecule has 0 saturated carbocycles. The van der Waals surface area contributed by atoms with E-state index in [1.807, 2.05) is 25.4 Å². The summed E-state index contributed by atoms with van der Waals surface area (Å²) in [6.45, 7) is 2.40. The number of anilines is 1. The van der Waals surface area contributed by atoms with Crippen molar-refractivity contribution in [2.24, 2.45) is 7.05 Å². The highest BCUT2D eigenvalue weighted by Gasteiger charge is 2.20. The molecule has 110 valence electrons. The molecule has 0 aliphatic heterocycles. The number of hydrogen-bond acceptors (Lipinski definition) is 5. The Balaban J connectivity index is 1.84. The molecule has 8 heteroatoms. The first-order chi connectivity index (χ1) is 9.97. The first-order valence-electron chi connectivity index (χ1n) is 6.20. The number of nitrogens with zero attached hydrogens (tertiary/aromatic N) is 2. The van der Waals surface area contributed by atoms with Crippen LogP contribution >= 0.6 is 38.6 Å². The van der Waals surface area contributed by atoms with Crippen molar-refractivity contribution in [2.75, 3.05) is 5.73 Å². The van der Waals surface area contributed by atoms with E-state index in [4.69, 9.17) is 5.73 Å². The highest BCUT2D eigenvalue weighted by molar-refractivity contribution is 9.10. The monoisotopic (exact) mass is 384 g/mol. The quantitative estimate of drug-likeness (QED) is 0.727. The van der Waals surface area contributed by atoms with Gasteiger partial charge in [-0.1, -0.05) is 0 Å². The Morgan fingerprint density at radius 2 is 2.33 bits per heavy atom. The molecular weight excluding hydrogens is 372 g/mol. The predicted octanol–water partition coefficient (Wildman–Crippen LogP) is 3.28. The van der Waals surface area contributed by atoms with Gasteiger partial charge in [-0.2, -0.15) is 5.10 Å². The molecule has 0 aliphatic carbocycles. The molecule has 0 spiro atoms. The van der Waals surface area contributed by atoms with Gasteiger partial charge in [-0.3, -0.25) is 9.48 Å². The molecule has 0 atom stereocenters. The summed E-state index contributed by atoms with van der Waals surface area (Å²) in [5.74, 6) is -0.141. The number of nitrogen functional groups attached to an aromatic ring is 1. The largest absolute Gasteiger partial charge is 0.397 e. The third-order valence-electron chi connectivity index (χ3n) is 3.13. The second-order valence-electron chi connectivity index (χ2n) is 4.65. The fourth-order valence-corrected chi connectivity index (χ4v) is 4.69. The maximum absolute atomic E-state index is 12.3. The van der Waals surface area contributed by atoms with Crippen LogP contribution in [-0.2, 0) is 13.6 Å². The number of carbonyl (C=O) groups excluding carboxylic acids is 1. The van der Waals surface area contributed by atoms with Crippen LogP contribution in [0, 0.1) is 6.92 Å². The molecule has 0 aromatic carbocycles. The van der Waals surface area contributed by atoms with Crippen LogP contribution in [0.3, 0.4) is 0 Å². The van der Waals surface area contributed by atoms with Crippen LogP contribution in [0.25, 0.3) is 10.2 Å². The highest BCUT2D eigenvalue weighted by atomic mass is 79.9. The van der Waals surface area contributed by atoms with E-state index >= 15 is 0 Å². The van der Waals surface area contributed by atoms with E-state index < -0.39 is 0 Å². The first kappa shape index (κ1) is 14.6. The number of hydrogen-bond donors (Lipinski definition) is 2. The van der Waals surface area contributed by atoms with E-state index in [1.54, 1.807) is 16.0 Å². The van der Waals surface area contributed by atoms with Crippen molar-refractivity contribution in [1.29, 1.82) is 0 Å². The van der Waals surface area contributed by atoms with E-state index in [0.29, 0.717) is 17.1 Å². The Labute approximate surface area is 137 Å². The summed E-state index contributed by atoms with van der Waals surface area (Å²) in [5.41, 5.74) is 7.49. The molecule has 21 heavy (non-hydrogen) atoms. The van der Waals surface area contributed by atoms with Crippen molar-refractivity contribution in [3.8, 4) is 0 Å². The topological polar surface area (TPSA) is 72.9 Å². The Bertz CT molecular complexity index is 833. The lowest BCUT2D eigenvalue weighted by Crippen LogP contribution is -2.22. The fraction of sp³-hybridized carbons (Fsp3) is 0.231. The molecule has 1 amide bonds. The van der Waals surface area contributed by atoms with Crippen LogP contribution in [0.1, 0.15) is 20.2 Å². The molecule has 3 aromatic rings. The van der Waals surface area contributed by atoms with Crippen molar-refractivity contribution < 1.29 is 4.79 Å². The molecule has 0 fully saturated rings. The molecule has 3 heterocycles. The third kappa shape index (κ3) is 2.58. The summed E-state index contributed by atoms with van der Waals surface area (Å²) in [6.07, 6.45) is 0. The zero-order chi connectivity index (χ0) is 15.1. The Morgan fingerprint density at radius 3 is 2.95 bits per heavy atom. The van der Waals surface area contributed by atoms with Gasteiger partial charge < -0.3 is 11.1 Å². The minimum atomic E-state index is -0.141. The fourth-order valence-electron chi connectivity index (χ4n) is 2.19. The number of amides is 1. The van der Waals surface area contributed by atoms with Gasteiger partial charge in [0.2, 0.25) is 0 Å². The van der Waals surface area contributed by atoms with Crippen molar-refractivity contribution in [2.45, 2.75) is 13.5 Å². The molecule has 5 nitrogen and oxygen atoms in total. The Kier molecular flexibility index (Phi) is 3.76. The minimum absolute atomic E-state index is 0.141. The number of carbonyl (C=O) groups is 1. The van der Waals surface area contributed by atoms with Crippen LogP contribution in [0.2, 0.25) is 0 Å². The summed E-state index contributed by atoms with van der Waals surface area (Å²) in [6, 6.07) is 1.99. The number of aryl methyl sites for hydroxylation is 2. The number of thiophene rings is 2. The Hall–Kier alpha value is -1.38. The van der Waals surface area contributed by atoms with Crippen molar-refractivity contribution in [3.05, 3.63) is 31.4 Å². The summed E-state index contributed by atoms with van der Waals surface area (Å²) in [7, 11) is 1.86. The molecule has 0 bridgehead atoms.